The lowest BCUT2D eigenvalue weighted by molar-refractivity contribution is 0.760. The van der Waals surface area contributed by atoms with Crippen LogP contribution in [0.15, 0.2) is 30.3 Å². The average molecular weight is 161 g/mol. The maximum Gasteiger partial charge on any atom is 0.0340 e. The smallest absolute Gasteiger partial charge is 0.0340 e. The normalized spacial score (nSPS) is 16.0. The van der Waals surface area contributed by atoms with E-state index >= 15 is 0 Å². The zero-order valence-corrected chi connectivity index (χ0v) is 7.29. The van der Waals surface area contributed by atoms with Gasteiger partial charge in [-0.05, 0) is 24.5 Å². The highest BCUT2D eigenvalue weighted by Crippen LogP contribution is 2.32. The SMILES string of the molecule is c1ccc(NCCC2CC2)cc1. The Bertz CT molecular complexity index is 226. The Hall–Kier alpha value is -0.980. The summed E-state index contributed by atoms with van der Waals surface area (Å²) in [7, 11) is 0. The lowest BCUT2D eigenvalue weighted by atomic mass is 10.2. The van der Waals surface area contributed by atoms with Gasteiger partial charge in [0, 0.05) is 12.2 Å². The molecule has 0 amide bonds. The van der Waals surface area contributed by atoms with E-state index in [4.69, 9.17) is 0 Å². The van der Waals surface area contributed by atoms with E-state index in [9.17, 15) is 0 Å². The molecule has 2 rings (SSSR count). The number of anilines is 1. The highest BCUT2D eigenvalue weighted by atomic mass is 14.9. The molecule has 0 unspecified atom stereocenters. The summed E-state index contributed by atoms with van der Waals surface area (Å²) in [6.45, 7) is 1.13. The minimum atomic E-state index is 1.03. The van der Waals surface area contributed by atoms with Crippen LogP contribution >= 0.6 is 0 Å². The molecule has 0 aliphatic heterocycles. The Morgan fingerprint density at radius 1 is 1.17 bits per heavy atom. The Balaban J connectivity index is 1.72. The molecule has 1 aliphatic rings. The third-order valence-corrected chi connectivity index (χ3v) is 2.35. The van der Waals surface area contributed by atoms with Gasteiger partial charge in [-0.2, -0.15) is 0 Å². The van der Waals surface area contributed by atoms with Gasteiger partial charge < -0.3 is 5.32 Å². The molecule has 0 heterocycles. The van der Waals surface area contributed by atoms with Crippen LogP contribution in [0.1, 0.15) is 19.3 Å². The van der Waals surface area contributed by atoms with Crippen LogP contribution in [0.4, 0.5) is 5.69 Å². The second kappa shape index (κ2) is 3.61. The molecule has 0 saturated heterocycles. The second-order valence-electron chi connectivity index (χ2n) is 3.52. The molecule has 0 aromatic heterocycles. The van der Waals surface area contributed by atoms with Gasteiger partial charge in [-0.1, -0.05) is 31.0 Å². The lowest BCUT2D eigenvalue weighted by Crippen LogP contribution is -2.01. The van der Waals surface area contributed by atoms with Crippen molar-refractivity contribution < 1.29 is 0 Å². The third-order valence-electron chi connectivity index (χ3n) is 2.35. The van der Waals surface area contributed by atoms with Crippen LogP contribution in [0.25, 0.3) is 0 Å². The first kappa shape index (κ1) is 7.66. The monoisotopic (exact) mass is 161 g/mol. The van der Waals surface area contributed by atoms with Crippen molar-refractivity contribution in [3.63, 3.8) is 0 Å². The fourth-order valence-corrected chi connectivity index (χ4v) is 1.38. The van der Waals surface area contributed by atoms with E-state index in [1.54, 1.807) is 0 Å². The van der Waals surface area contributed by atoms with Gasteiger partial charge in [0.2, 0.25) is 0 Å². The first-order valence-corrected chi connectivity index (χ1v) is 4.74. The number of benzene rings is 1. The molecule has 0 radical (unpaired) electrons. The predicted octanol–water partition coefficient (Wildman–Crippen LogP) is 2.90. The van der Waals surface area contributed by atoms with Gasteiger partial charge in [0.15, 0.2) is 0 Å². The summed E-state index contributed by atoms with van der Waals surface area (Å²) in [5, 5.41) is 3.42. The lowest BCUT2D eigenvalue weighted by Gasteiger charge is -2.04. The summed E-state index contributed by atoms with van der Waals surface area (Å²) >= 11 is 0. The molecule has 1 aliphatic carbocycles. The number of rotatable bonds is 4. The van der Waals surface area contributed by atoms with E-state index in [-0.39, 0.29) is 0 Å². The summed E-state index contributed by atoms with van der Waals surface area (Å²) in [4.78, 5) is 0. The Morgan fingerprint density at radius 3 is 2.58 bits per heavy atom. The van der Waals surface area contributed by atoms with Crippen molar-refractivity contribution >= 4 is 5.69 Å². The molecule has 1 fully saturated rings. The summed E-state index contributed by atoms with van der Waals surface area (Å²) in [5.74, 6) is 1.03. The van der Waals surface area contributed by atoms with Crippen LogP contribution in [-0.2, 0) is 0 Å². The summed E-state index contributed by atoms with van der Waals surface area (Å²) < 4.78 is 0. The zero-order chi connectivity index (χ0) is 8.23. The molecule has 1 N–H and O–H groups in total. The largest absolute Gasteiger partial charge is 0.385 e. The summed E-state index contributed by atoms with van der Waals surface area (Å²) in [6.07, 6.45) is 4.25. The minimum Gasteiger partial charge on any atom is -0.385 e. The summed E-state index contributed by atoms with van der Waals surface area (Å²) in [6, 6.07) is 10.4. The number of hydrogen-bond donors (Lipinski definition) is 1. The highest BCUT2D eigenvalue weighted by molar-refractivity contribution is 5.42. The highest BCUT2D eigenvalue weighted by Gasteiger charge is 2.19. The van der Waals surface area contributed by atoms with E-state index in [2.05, 4.69) is 29.6 Å². The van der Waals surface area contributed by atoms with Gasteiger partial charge >= 0.3 is 0 Å². The quantitative estimate of drug-likeness (QED) is 0.716. The van der Waals surface area contributed by atoms with Gasteiger partial charge in [-0.25, -0.2) is 0 Å². The van der Waals surface area contributed by atoms with Crippen LogP contribution in [-0.4, -0.2) is 6.54 Å². The van der Waals surface area contributed by atoms with Gasteiger partial charge in [-0.3, -0.25) is 0 Å². The fraction of sp³-hybridized carbons (Fsp3) is 0.455. The number of nitrogens with one attached hydrogen (secondary N) is 1. The summed E-state index contributed by atoms with van der Waals surface area (Å²) in [5.41, 5.74) is 1.25. The molecule has 1 nitrogen and oxygen atoms in total. The molecular formula is C11H15N. The molecule has 1 saturated carbocycles. The van der Waals surface area contributed by atoms with Crippen molar-refractivity contribution in [1.82, 2.24) is 0 Å². The molecule has 12 heavy (non-hydrogen) atoms. The topological polar surface area (TPSA) is 12.0 Å². The van der Waals surface area contributed by atoms with E-state index < -0.39 is 0 Å². The van der Waals surface area contributed by atoms with Crippen LogP contribution in [0.2, 0.25) is 0 Å². The fourth-order valence-electron chi connectivity index (χ4n) is 1.38. The van der Waals surface area contributed by atoms with Crippen molar-refractivity contribution in [2.75, 3.05) is 11.9 Å². The standard InChI is InChI=1S/C11H15N/c1-2-4-11(5-3-1)12-9-8-10-6-7-10/h1-5,10,12H,6-9H2. The molecule has 1 heteroatoms. The van der Waals surface area contributed by atoms with Gasteiger partial charge in [0.05, 0.1) is 0 Å². The molecule has 1 aromatic rings. The molecular weight excluding hydrogens is 146 g/mol. The van der Waals surface area contributed by atoms with Gasteiger partial charge in [0.1, 0.15) is 0 Å². The molecule has 64 valence electrons. The van der Waals surface area contributed by atoms with Gasteiger partial charge in [0.25, 0.3) is 0 Å². The molecule has 0 atom stereocenters. The van der Waals surface area contributed by atoms with Crippen molar-refractivity contribution in [2.45, 2.75) is 19.3 Å². The molecule has 1 aromatic carbocycles. The Labute approximate surface area is 73.8 Å². The van der Waals surface area contributed by atoms with Crippen molar-refractivity contribution in [2.24, 2.45) is 5.92 Å². The maximum atomic E-state index is 3.42. The van der Waals surface area contributed by atoms with Crippen molar-refractivity contribution in [1.29, 1.82) is 0 Å². The van der Waals surface area contributed by atoms with Crippen LogP contribution in [0.5, 0.6) is 0 Å². The predicted molar refractivity (Wildman–Crippen MR) is 52.3 cm³/mol. The molecule has 0 spiro atoms. The third kappa shape index (κ3) is 2.26. The number of para-hydroxylation sites is 1. The van der Waals surface area contributed by atoms with Crippen LogP contribution in [0.3, 0.4) is 0 Å². The Morgan fingerprint density at radius 2 is 1.92 bits per heavy atom. The average Bonchev–Trinajstić information content (AvgIpc) is 2.90. The second-order valence-corrected chi connectivity index (χ2v) is 3.52. The van der Waals surface area contributed by atoms with E-state index in [0.717, 1.165) is 12.5 Å². The maximum absolute atomic E-state index is 3.42. The van der Waals surface area contributed by atoms with E-state index in [1.165, 1.54) is 24.9 Å². The van der Waals surface area contributed by atoms with Crippen molar-refractivity contribution in [3.05, 3.63) is 30.3 Å². The van der Waals surface area contributed by atoms with Gasteiger partial charge in [-0.15, -0.1) is 0 Å². The first-order chi connectivity index (χ1) is 5.95. The zero-order valence-electron chi connectivity index (χ0n) is 7.29. The van der Waals surface area contributed by atoms with Crippen LogP contribution in [0, 0.1) is 5.92 Å². The van der Waals surface area contributed by atoms with Crippen molar-refractivity contribution in [3.8, 4) is 0 Å². The molecule has 0 bridgehead atoms. The first-order valence-electron chi connectivity index (χ1n) is 4.74. The van der Waals surface area contributed by atoms with E-state index in [0.29, 0.717) is 0 Å². The number of hydrogen-bond acceptors (Lipinski definition) is 1. The minimum absolute atomic E-state index is 1.03. The van der Waals surface area contributed by atoms with Crippen LogP contribution < -0.4 is 5.32 Å². The van der Waals surface area contributed by atoms with E-state index in [1.807, 2.05) is 6.07 Å². The Kier molecular flexibility index (Phi) is 2.31.